The highest BCUT2D eigenvalue weighted by atomic mass is 16.5. The minimum absolute atomic E-state index is 0.0782. The van der Waals surface area contributed by atoms with E-state index in [0.29, 0.717) is 17.0 Å². The molecule has 0 aliphatic heterocycles. The quantitative estimate of drug-likeness (QED) is 0.757. The molecule has 1 aromatic carbocycles. The Morgan fingerprint density at radius 1 is 1.35 bits per heavy atom. The number of rotatable bonds is 3. The van der Waals surface area contributed by atoms with Crippen LogP contribution in [-0.4, -0.2) is 22.7 Å². The van der Waals surface area contributed by atoms with Crippen molar-refractivity contribution in [1.29, 1.82) is 0 Å². The summed E-state index contributed by atoms with van der Waals surface area (Å²) in [7, 11) is 3.31. The van der Waals surface area contributed by atoms with Crippen LogP contribution in [0, 0.1) is 6.92 Å². The van der Waals surface area contributed by atoms with Crippen LogP contribution in [0.2, 0.25) is 0 Å². The molecule has 0 aliphatic carbocycles. The van der Waals surface area contributed by atoms with Gasteiger partial charge in [-0.05, 0) is 25.1 Å². The summed E-state index contributed by atoms with van der Waals surface area (Å²) in [6.07, 6.45) is 1.61. The minimum Gasteiger partial charge on any atom is -0.496 e. The molecule has 0 spiro atoms. The Kier molecular flexibility index (Phi) is 2.95. The highest BCUT2D eigenvalue weighted by Crippen LogP contribution is 2.22. The van der Waals surface area contributed by atoms with E-state index in [1.165, 1.54) is 0 Å². The first-order valence-corrected chi connectivity index (χ1v) is 5.31. The fourth-order valence-electron chi connectivity index (χ4n) is 1.73. The Morgan fingerprint density at radius 3 is 2.71 bits per heavy atom. The van der Waals surface area contributed by atoms with Crippen molar-refractivity contribution in [3.63, 3.8) is 0 Å². The monoisotopic (exact) mass is 230 g/mol. The maximum absolute atomic E-state index is 12.3. The largest absolute Gasteiger partial charge is 0.496 e. The van der Waals surface area contributed by atoms with Crippen LogP contribution in [0.25, 0.3) is 0 Å². The standard InChI is InChI=1S/C13H14N2O2/c1-9-4-5-12(17-3)10(8-9)13(16)11-6-7-14-15(11)2/h4-8H,1-3H3. The molecular formula is C13H14N2O2. The zero-order valence-electron chi connectivity index (χ0n) is 10.1. The molecule has 1 heterocycles. The fourth-order valence-corrected chi connectivity index (χ4v) is 1.73. The van der Waals surface area contributed by atoms with E-state index in [-0.39, 0.29) is 5.78 Å². The molecule has 0 amide bonds. The van der Waals surface area contributed by atoms with Crippen molar-refractivity contribution in [2.24, 2.45) is 7.05 Å². The van der Waals surface area contributed by atoms with Crippen molar-refractivity contribution < 1.29 is 9.53 Å². The molecule has 0 bridgehead atoms. The van der Waals surface area contributed by atoms with Gasteiger partial charge in [-0.2, -0.15) is 5.10 Å². The van der Waals surface area contributed by atoms with Crippen LogP contribution in [0.5, 0.6) is 5.75 Å². The summed E-state index contributed by atoms with van der Waals surface area (Å²) in [5.41, 5.74) is 2.14. The zero-order valence-corrected chi connectivity index (χ0v) is 10.1. The van der Waals surface area contributed by atoms with Gasteiger partial charge in [-0.1, -0.05) is 11.6 Å². The molecule has 0 fully saturated rings. The Hall–Kier alpha value is -2.10. The van der Waals surface area contributed by atoms with E-state index in [9.17, 15) is 4.79 Å². The molecule has 2 aromatic rings. The first kappa shape index (κ1) is 11.4. The average molecular weight is 230 g/mol. The number of hydrogen-bond acceptors (Lipinski definition) is 3. The minimum atomic E-state index is -0.0782. The summed E-state index contributed by atoms with van der Waals surface area (Å²) in [4.78, 5) is 12.3. The number of aromatic nitrogens is 2. The number of ether oxygens (including phenoxy) is 1. The normalized spacial score (nSPS) is 10.3. The number of methoxy groups -OCH3 is 1. The van der Waals surface area contributed by atoms with Crippen molar-refractivity contribution in [3.05, 3.63) is 47.3 Å². The SMILES string of the molecule is COc1ccc(C)cc1C(=O)c1ccnn1C. The van der Waals surface area contributed by atoms with Crippen LogP contribution in [0.4, 0.5) is 0 Å². The molecule has 4 nitrogen and oxygen atoms in total. The highest BCUT2D eigenvalue weighted by Gasteiger charge is 2.17. The predicted octanol–water partition coefficient (Wildman–Crippen LogP) is 1.97. The number of carbonyl (C=O) groups excluding carboxylic acids is 1. The lowest BCUT2D eigenvalue weighted by Gasteiger charge is -2.08. The summed E-state index contributed by atoms with van der Waals surface area (Å²) in [6, 6.07) is 7.25. The molecule has 2 rings (SSSR count). The van der Waals surface area contributed by atoms with Crippen LogP contribution in [0.1, 0.15) is 21.6 Å². The van der Waals surface area contributed by atoms with E-state index in [0.717, 1.165) is 5.56 Å². The second kappa shape index (κ2) is 4.41. The number of ketones is 1. The van der Waals surface area contributed by atoms with Gasteiger partial charge in [0.1, 0.15) is 11.4 Å². The van der Waals surface area contributed by atoms with Gasteiger partial charge in [0.2, 0.25) is 5.78 Å². The van der Waals surface area contributed by atoms with E-state index in [4.69, 9.17) is 4.74 Å². The third-order valence-electron chi connectivity index (χ3n) is 2.65. The molecule has 88 valence electrons. The first-order valence-electron chi connectivity index (χ1n) is 5.31. The van der Waals surface area contributed by atoms with Crippen LogP contribution in [0.15, 0.2) is 30.5 Å². The molecule has 0 unspecified atom stereocenters. The van der Waals surface area contributed by atoms with Crippen molar-refractivity contribution in [2.45, 2.75) is 6.92 Å². The first-order chi connectivity index (χ1) is 8.13. The predicted molar refractivity (Wildman–Crippen MR) is 64.4 cm³/mol. The Labute approximate surface area is 99.8 Å². The molecule has 0 atom stereocenters. The summed E-state index contributed by atoms with van der Waals surface area (Å²) < 4.78 is 6.77. The molecule has 0 radical (unpaired) electrons. The number of hydrogen-bond donors (Lipinski definition) is 0. The van der Waals surface area contributed by atoms with Gasteiger partial charge in [0.05, 0.1) is 12.7 Å². The topological polar surface area (TPSA) is 44.1 Å². The van der Waals surface area contributed by atoms with Crippen molar-refractivity contribution in [3.8, 4) is 5.75 Å². The highest BCUT2D eigenvalue weighted by molar-refractivity contribution is 6.09. The van der Waals surface area contributed by atoms with Crippen molar-refractivity contribution in [2.75, 3.05) is 7.11 Å². The fraction of sp³-hybridized carbons (Fsp3) is 0.231. The van der Waals surface area contributed by atoms with Crippen molar-refractivity contribution in [1.82, 2.24) is 9.78 Å². The van der Waals surface area contributed by atoms with Gasteiger partial charge >= 0.3 is 0 Å². The third kappa shape index (κ3) is 2.06. The molecular weight excluding hydrogens is 216 g/mol. The summed E-state index contributed by atoms with van der Waals surface area (Å²) in [5, 5.41) is 4.00. The third-order valence-corrected chi connectivity index (χ3v) is 2.65. The number of aryl methyl sites for hydroxylation is 2. The Balaban J connectivity index is 2.50. The summed E-state index contributed by atoms with van der Waals surface area (Å²) >= 11 is 0. The van der Waals surface area contributed by atoms with E-state index in [2.05, 4.69) is 5.10 Å². The molecule has 0 aliphatic rings. The van der Waals surface area contributed by atoms with Gasteiger partial charge in [0.15, 0.2) is 0 Å². The Bertz CT molecular complexity index is 558. The zero-order chi connectivity index (χ0) is 12.4. The molecule has 17 heavy (non-hydrogen) atoms. The maximum Gasteiger partial charge on any atom is 0.214 e. The van der Waals surface area contributed by atoms with Gasteiger partial charge in [-0.3, -0.25) is 9.48 Å². The van der Waals surface area contributed by atoms with Gasteiger partial charge in [-0.15, -0.1) is 0 Å². The molecule has 0 saturated heterocycles. The second-order valence-electron chi connectivity index (χ2n) is 3.87. The molecule has 0 N–H and O–H groups in total. The van der Waals surface area contributed by atoms with Gasteiger partial charge in [0.25, 0.3) is 0 Å². The number of nitrogens with zero attached hydrogens (tertiary/aromatic N) is 2. The summed E-state index contributed by atoms with van der Waals surface area (Å²) in [6.45, 7) is 1.94. The lowest BCUT2D eigenvalue weighted by atomic mass is 10.0. The van der Waals surface area contributed by atoms with Crippen LogP contribution in [0.3, 0.4) is 0 Å². The molecule has 4 heteroatoms. The van der Waals surface area contributed by atoms with E-state index < -0.39 is 0 Å². The maximum atomic E-state index is 12.3. The van der Waals surface area contributed by atoms with Crippen LogP contribution < -0.4 is 4.74 Å². The molecule has 0 saturated carbocycles. The average Bonchev–Trinajstić information content (AvgIpc) is 2.74. The van der Waals surface area contributed by atoms with E-state index >= 15 is 0 Å². The lowest BCUT2D eigenvalue weighted by Crippen LogP contribution is -2.09. The van der Waals surface area contributed by atoms with Crippen LogP contribution >= 0.6 is 0 Å². The van der Waals surface area contributed by atoms with Crippen molar-refractivity contribution >= 4 is 5.78 Å². The lowest BCUT2D eigenvalue weighted by molar-refractivity contribution is 0.102. The second-order valence-corrected chi connectivity index (χ2v) is 3.87. The number of carbonyl (C=O) groups is 1. The summed E-state index contributed by atoms with van der Waals surface area (Å²) in [5.74, 6) is 0.507. The number of benzene rings is 1. The smallest absolute Gasteiger partial charge is 0.214 e. The van der Waals surface area contributed by atoms with E-state index in [1.807, 2.05) is 19.1 Å². The van der Waals surface area contributed by atoms with Crippen LogP contribution in [-0.2, 0) is 7.05 Å². The van der Waals surface area contributed by atoms with Gasteiger partial charge < -0.3 is 4.74 Å². The van der Waals surface area contributed by atoms with Gasteiger partial charge in [-0.25, -0.2) is 0 Å². The Morgan fingerprint density at radius 2 is 2.12 bits per heavy atom. The van der Waals surface area contributed by atoms with E-state index in [1.54, 1.807) is 37.2 Å². The molecule has 1 aromatic heterocycles. The van der Waals surface area contributed by atoms with Gasteiger partial charge in [0, 0.05) is 13.2 Å².